The molecule has 2 saturated heterocycles. The minimum absolute atomic E-state index is 0.0333. The van der Waals surface area contributed by atoms with Gasteiger partial charge in [-0.15, -0.1) is 11.3 Å². The van der Waals surface area contributed by atoms with Crippen molar-refractivity contribution in [2.24, 2.45) is 5.92 Å². The van der Waals surface area contributed by atoms with Crippen LogP contribution >= 0.6 is 11.3 Å². The van der Waals surface area contributed by atoms with E-state index in [2.05, 4.69) is 77.2 Å². The monoisotopic (exact) mass is 488 g/mol. The van der Waals surface area contributed by atoms with Crippen molar-refractivity contribution < 1.29 is 4.79 Å². The van der Waals surface area contributed by atoms with Crippen molar-refractivity contribution in [1.29, 1.82) is 0 Å². The zero-order chi connectivity index (χ0) is 24.4. The molecule has 2 atom stereocenters. The molecule has 3 N–H and O–H groups in total. The zero-order valence-corrected chi connectivity index (χ0v) is 21.8. The third kappa shape index (κ3) is 5.77. The molecule has 2 aromatic carbocycles. The van der Waals surface area contributed by atoms with E-state index in [1.165, 1.54) is 34.8 Å². The van der Waals surface area contributed by atoms with Crippen LogP contribution in [0, 0.1) is 12.8 Å². The second-order valence-electron chi connectivity index (χ2n) is 10.2. The molecule has 3 aromatic rings. The van der Waals surface area contributed by atoms with E-state index in [-0.39, 0.29) is 11.9 Å². The van der Waals surface area contributed by atoms with Gasteiger partial charge < -0.3 is 16.0 Å². The first kappa shape index (κ1) is 24.0. The van der Waals surface area contributed by atoms with Crippen LogP contribution in [0.4, 0.5) is 5.69 Å². The number of nitrogens with zero attached hydrogens (tertiary/aromatic N) is 1. The molecule has 0 radical (unpaired) electrons. The summed E-state index contributed by atoms with van der Waals surface area (Å²) >= 11 is 1.88. The Morgan fingerprint density at radius 2 is 2.03 bits per heavy atom. The number of aryl methyl sites for hydroxylation is 1. The van der Waals surface area contributed by atoms with Gasteiger partial charge in [0.05, 0.1) is 12.1 Å². The molecule has 3 heterocycles. The third-order valence-corrected chi connectivity index (χ3v) is 8.32. The fraction of sp³-hybridized carbons (Fsp3) is 0.414. The SMILES string of the molecule is Cc1ccc(NC2CNC2)cc1C(=O)N[C@H](C)c1cccc(-c2ccc(CN3CC[C@@H](C)C3)s2)c1. The number of likely N-dealkylation sites (tertiary alicyclic amines) is 1. The minimum Gasteiger partial charge on any atom is -0.380 e. The molecule has 0 saturated carbocycles. The van der Waals surface area contributed by atoms with Crippen LogP contribution in [0.25, 0.3) is 10.4 Å². The highest BCUT2D eigenvalue weighted by Crippen LogP contribution is 2.31. The Balaban J connectivity index is 1.25. The van der Waals surface area contributed by atoms with Crippen LogP contribution in [-0.2, 0) is 6.54 Å². The van der Waals surface area contributed by atoms with Crippen LogP contribution in [0.3, 0.4) is 0 Å². The first-order valence-corrected chi connectivity index (χ1v) is 13.6. The molecular weight excluding hydrogens is 452 g/mol. The van der Waals surface area contributed by atoms with Gasteiger partial charge in [-0.3, -0.25) is 9.69 Å². The molecule has 184 valence electrons. The smallest absolute Gasteiger partial charge is 0.252 e. The Kier molecular flexibility index (Phi) is 7.23. The quantitative estimate of drug-likeness (QED) is 0.395. The van der Waals surface area contributed by atoms with Crippen molar-refractivity contribution >= 4 is 22.9 Å². The predicted octanol–water partition coefficient (Wildman–Crippen LogP) is 5.44. The molecule has 5 rings (SSSR count). The van der Waals surface area contributed by atoms with Gasteiger partial charge >= 0.3 is 0 Å². The van der Waals surface area contributed by atoms with Gasteiger partial charge in [0.25, 0.3) is 5.91 Å². The molecule has 0 aliphatic carbocycles. The fourth-order valence-corrected chi connectivity index (χ4v) is 5.96. The molecular formula is C29H36N4OS. The Morgan fingerprint density at radius 1 is 1.17 bits per heavy atom. The Bertz CT molecular complexity index is 1180. The molecule has 0 spiro atoms. The lowest BCUT2D eigenvalue weighted by atomic mass is 10.0. The van der Waals surface area contributed by atoms with E-state index in [0.29, 0.717) is 6.04 Å². The summed E-state index contributed by atoms with van der Waals surface area (Å²) < 4.78 is 0. The highest BCUT2D eigenvalue weighted by molar-refractivity contribution is 7.15. The molecule has 1 aromatic heterocycles. The maximum Gasteiger partial charge on any atom is 0.252 e. The number of rotatable bonds is 8. The molecule has 0 unspecified atom stereocenters. The van der Waals surface area contributed by atoms with Crippen molar-refractivity contribution in [3.05, 3.63) is 76.2 Å². The number of carbonyl (C=O) groups excluding carboxylic acids is 1. The van der Waals surface area contributed by atoms with Crippen molar-refractivity contribution in [2.75, 3.05) is 31.5 Å². The topological polar surface area (TPSA) is 56.4 Å². The van der Waals surface area contributed by atoms with Gasteiger partial charge in [0, 0.05) is 47.2 Å². The zero-order valence-electron chi connectivity index (χ0n) is 20.9. The van der Waals surface area contributed by atoms with Crippen molar-refractivity contribution in [2.45, 2.75) is 45.8 Å². The van der Waals surface area contributed by atoms with E-state index in [9.17, 15) is 4.79 Å². The number of thiophene rings is 1. The fourth-order valence-electron chi connectivity index (χ4n) is 4.91. The summed E-state index contributed by atoms with van der Waals surface area (Å²) in [6, 6.07) is 19.5. The van der Waals surface area contributed by atoms with E-state index >= 15 is 0 Å². The predicted molar refractivity (Wildman–Crippen MR) is 146 cm³/mol. The maximum atomic E-state index is 13.2. The standard InChI is InChI=1S/C29H36N4OS/c1-19-11-12-33(17-19)18-26-9-10-28(35-26)23-6-4-5-22(13-23)21(3)31-29(34)27-14-24(8-7-20(27)2)32-25-15-30-16-25/h4-10,13-14,19,21,25,30,32H,11-12,15-18H2,1-3H3,(H,31,34)/t19-,21-/m1/s1. The average molecular weight is 489 g/mol. The summed E-state index contributed by atoms with van der Waals surface area (Å²) in [5, 5.41) is 9.98. The normalized spacial score (nSPS) is 19.3. The average Bonchev–Trinajstić information content (AvgIpc) is 3.46. The highest BCUT2D eigenvalue weighted by Gasteiger charge is 2.20. The summed E-state index contributed by atoms with van der Waals surface area (Å²) in [5.74, 6) is 0.777. The van der Waals surface area contributed by atoms with Crippen LogP contribution in [-0.4, -0.2) is 43.0 Å². The first-order chi connectivity index (χ1) is 16.9. The van der Waals surface area contributed by atoms with Crippen LogP contribution in [0.2, 0.25) is 0 Å². The van der Waals surface area contributed by atoms with Crippen LogP contribution in [0.15, 0.2) is 54.6 Å². The van der Waals surface area contributed by atoms with Gasteiger partial charge in [0.1, 0.15) is 0 Å². The highest BCUT2D eigenvalue weighted by atomic mass is 32.1. The second kappa shape index (κ2) is 10.5. The van der Waals surface area contributed by atoms with Crippen molar-refractivity contribution in [1.82, 2.24) is 15.5 Å². The van der Waals surface area contributed by atoms with Gasteiger partial charge in [-0.1, -0.05) is 31.2 Å². The van der Waals surface area contributed by atoms with E-state index in [1.807, 2.05) is 30.4 Å². The Hall–Kier alpha value is -2.67. The molecule has 2 aliphatic heterocycles. The molecule has 2 fully saturated rings. The van der Waals surface area contributed by atoms with Crippen LogP contribution in [0.1, 0.15) is 52.7 Å². The Morgan fingerprint density at radius 3 is 2.77 bits per heavy atom. The lowest BCUT2D eigenvalue weighted by Gasteiger charge is -2.29. The van der Waals surface area contributed by atoms with Gasteiger partial charge in [-0.2, -0.15) is 0 Å². The molecule has 5 nitrogen and oxygen atoms in total. The van der Waals surface area contributed by atoms with Gasteiger partial charge in [0.2, 0.25) is 0 Å². The van der Waals surface area contributed by atoms with Crippen molar-refractivity contribution in [3.63, 3.8) is 0 Å². The van der Waals surface area contributed by atoms with E-state index < -0.39 is 0 Å². The number of hydrogen-bond acceptors (Lipinski definition) is 5. The maximum absolute atomic E-state index is 13.2. The van der Waals surface area contributed by atoms with E-state index in [1.54, 1.807) is 0 Å². The molecule has 35 heavy (non-hydrogen) atoms. The summed E-state index contributed by atoms with van der Waals surface area (Å²) in [7, 11) is 0. The molecule has 1 amide bonds. The largest absolute Gasteiger partial charge is 0.380 e. The van der Waals surface area contributed by atoms with Gasteiger partial charge in [-0.25, -0.2) is 0 Å². The summed E-state index contributed by atoms with van der Waals surface area (Å²) in [6.07, 6.45) is 1.31. The van der Waals surface area contributed by atoms with E-state index in [0.717, 1.165) is 47.9 Å². The van der Waals surface area contributed by atoms with Crippen LogP contribution < -0.4 is 16.0 Å². The number of benzene rings is 2. The van der Waals surface area contributed by atoms with Gasteiger partial charge in [0.15, 0.2) is 0 Å². The minimum atomic E-state index is -0.0835. The lowest BCUT2D eigenvalue weighted by Crippen LogP contribution is -2.51. The molecule has 6 heteroatoms. The summed E-state index contributed by atoms with van der Waals surface area (Å²) in [4.78, 5) is 18.4. The van der Waals surface area contributed by atoms with E-state index in [4.69, 9.17) is 0 Å². The number of anilines is 1. The third-order valence-electron chi connectivity index (χ3n) is 7.20. The first-order valence-electron chi connectivity index (χ1n) is 12.7. The summed E-state index contributed by atoms with van der Waals surface area (Å²) in [5.41, 5.74) is 5.04. The second-order valence-corrected chi connectivity index (χ2v) is 11.4. The van der Waals surface area contributed by atoms with Crippen molar-refractivity contribution in [3.8, 4) is 10.4 Å². The molecule has 0 bridgehead atoms. The van der Waals surface area contributed by atoms with Gasteiger partial charge in [-0.05, 0) is 79.8 Å². The van der Waals surface area contributed by atoms with Crippen LogP contribution in [0.5, 0.6) is 0 Å². The Labute approximate surface area is 212 Å². The number of carbonyl (C=O) groups is 1. The summed E-state index contributed by atoms with van der Waals surface area (Å²) in [6.45, 7) is 11.8. The number of amides is 1. The lowest BCUT2D eigenvalue weighted by molar-refractivity contribution is 0.0939. The number of nitrogens with one attached hydrogen (secondary N) is 3. The molecule has 2 aliphatic rings. The number of hydrogen-bond donors (Lipinski definition) is 3.